The summed E-state index contributed by atoms with van der Waals surface area (Å²) in [5.41, 5.74) is -0.204. The normalized spacial score (nSPS) is 10.5. The zero-order chi connectivity index (χ0) is 18.7. The number of hydrogen-bond donors (Lipinski definition) is 1. The van der Waals surface area contributed by atoms with Crippen LogP contribution in [0.3, 0.4) is 0 Å². The fourth-order valence-corrected chi connectivity index (χ4v) is 2.59. The number of halogens is 1. The van der Waals surface area contributed by atoms with E-state index >= 15 is 0 Å². The molecule has 1 N–H and O–H groups in total. The highest BCUT2D eigenvalue weighted by atomic mass is 79.9. The van der Waals surface area contributed by atoms with E-state index < -0.39 is 17.5 Å². The van der Waals surface area contributed by atoms with Crippen LogP contribution in [0.2, 0.25) is 0 Å². The Kier molecular flexibility index (Phi) is 5.18. The van der Waals surface area contributed by atoms with E-state index in [1.807, 2.05) is 0 Å². The van der Waals surface area contributed by atoms with Gasteiger partial charge in [-0.1, -0.05) is 15.9 Å². The highest BCUT2D eigenvalue weighted by Crippen LogP contribution is 2.22. The topological polar surface area (TPSA) is 85.6 Å². The Labute approximate surface area is 156 Å². The summed E-state index contributed by atoms with van der Waals surface area (Å²) in [7, 11) is 0. The minimum Gasteiger partial charge on any atom is -0.423 e. The van der Waals surface area contributed by atoms with Crippen LogP contribution >= 0.6 is 15.9 Å². The molecule has 3 rings (SSSR count). The Morgan fingerprint density at radius 2 is 1.85 bits per heavy atom. The maximum absolute atomic E-state index is 12.2. The van der Waals surface area contributed by atoms with Crippen molar-refractivity contribution >= 4 is 38.8 Å². The van der Waals surface area contributed by atoms with Gasteiger partial charge in [-0.25, -0.2) is 9.59 Å². The number of hydrogen-bond acceptors (Lipinski definition) is 5. The molecule has 0 unspecified atom stereocenters. The quantitative estimate of drug-likeness (QED) is 0.400. The minimum atomic E-state index is -0.750. The summed E-state index contributed by atoms with van der Waals surface area (Å²) in [5, 5.41) is 3.11. The largest absolute Gasteiger partial charge is 0.423 e. The zero-order valence-electron chi connectivity index (χ0n) is 13.7. The lowest BCUT2D eigenvalue weighted by molar-refractivity contribution is 0.0734. The van der Waals surface area contributed by atoms with Crippen molar-refractivity contribution in [2.24, 2.45) is 0 Å². The van der Waals surface area contributed by atoms with Gasteiger partial charge in [-0.05, 0) is 49.4 Å². The Morgan fingerprint density at radius 3 is 2.54 bits per heavy atom. The van der Waals surface area contributed by atoms with Crippen LogP contribution in [0.1, 0.15) is 27.6 Å². The van der Waals surface area contributed by atoms with Gasteiger partial charge in [0, 0.05) is 22.5 Å². The van der Waals surface area contributed by atoms with Gasteiger partial charge in [0.1, 0.15) is 16.9 Å². The number of carbonyl (C=O) groups excluding carboxylic acids is 2. The van der Waals surface area contributed by atoms with E-state index in [2.05, 4.69) is 21.2 Å². The van der Waals surface area contributed by atoms with E-state index in [-0.39, 0.29) is 16.9 Å². The monoisotopic (exact) mass is 415 g/mol. The van der Waals surface area contributed by atoms with Crippen LogP contribution in [-0.2, 0) is 0 Å². The van der Waals surface area contributed by atoms with Crippen molar-refractivity contribution in [3.63, 3.8) is 0 Å². The van der Waals surface area contributed by atoms with Crippen molar-refractivity contribution in [2.45, 2.75) is 6.92 Å². The zero-order valence-corrected chi connectivity index (χ0v) is 15.3. The Morgan fingerprint density at radius 1 is 1.12 bits per heavy atom. The van der Waals surface area contributed by atoms with Crippen molar-refractivity contribution in [2.75, 3.05) is 6.54 Å². The van der Waals surface area contributed by atoms with Gasteiger partial charge in [-0.3, -0.25) is 4.79 Å². The Hall–Kier alpha value is -2.93. The fourth-order valence-electron chi connectivity index (χ4n) is 2.32. The van der Waals surface area contributed by atoms with Gasteiger partial charge in [0.05, 0.1) is 5.56 Å². The Balaban J connectivity index is 1.88. The average Bonchev–Trinajstić information content (AvgIpc) is 2.61. The van der Waals surface area contributed by atoms with Crippen molar-refractivity contribution in [1.29, 1.82) is 0 Å². The molecule has 0 radical (unpaired) electrons. The molecule has 0 atom stereocenters. The molecule has 6 nitrogen and oxygen atoms in total. The summed E-state index contributed by atoms with van der Waals surface area (Å²) in [5.74, 6) is -0.786. The second-order valence-corrected chi connectivity index (χ2v) is 6.32. The van der Waals surface area contributed by atoms with E-state index in [9.17, 15) is 14.4 Å². The second-order valence-electron chi connectivity index (χ2n) is 5.40. The molecule has 1 amide bonds. The summed E-state index contributed by atoms with van der Waals surface area (Å²) >= 11 is 3.30. The molecular formula is C19H14BrNO5. The van der Waals surface area contributed by atoms with E-state index in [0.29, 0.717) is 17.5 Å². The van der Waals surface area contributed by atoms with Gasteiger partial charge in [0.2, 0.25) is 0 Å². The second kappa shape index (κ2) is 7.53. The summed E-state index contributed by atoms with van der Waals surface area (Å²) in [6, 6.07) is 12.8. The first-order valence-electron chi connectivity index (χ1n) is 7.82. The molecule has 0 bridgehead atoms. The van der Waals surface area contributed by atoms with Gasteiger partial charge in [0.25, 0.3) is 5.91 Å². The molecule has 0 fully saturated rings. The number of rotatable bonds is 4. The molecule has 0 aliphatic rings. The van der Waals surface area contributed by atoms with Gasteiger partial charge in [0.15, 0.2) is 0 Å². The molecule has 26 heavy (non-hydrogen) atoms. The summed E-state index contributed by atoms with van der Waals surface area (Å²) in [4.78, 5) is 36.0. The lowest BCUT2D eigenvalue weighted by Gasteiger charge is -2.06. The molecule has 1 heterocycles. The van der Waals surface area contributed by atoms with Gasteiger partial charge >= 0.3 is 11.6 Å². The molecule has 1 aromatic heterocycles. The lowest BCUT2D eigenvalue weighted by atomic mass is 10.1. The number of nitrogens with one attached hydrogen (secondary N) is 1. The standard InChI is InChI=1S/C19H14BrNO5/c1-2-21-17(22)15-9-12-5-8-14(10-16(12)26-19(15)24)25-18(23)11-3-6-13(20)7-4-11/h3-10H,2H2,1H3,(H,21,22). The maximum atomic E-state index is 12.2. The highest BCUT2D eigenvalue weighted by Gasteiger charge is 2.14. The highest BCUT2D eigenvalue weighted by molar-refractivity contribution is 9.10. The van der Waals surface area contributed by atoms with Gasteiger partial charge in [-0.15, -0.1) is 0 Å². The summed E-state index contributed by atoms with van der Waals surface area (Å²) < 4.78 is 11.4. The predicted octanol–water partition coefficient (Wildman–Crippen LogP) is 3.52. The number of benzene rings is 2. The van der Waals surface area contributed by atoms with E-state index in [1.165, 1.54) is 12.1 Å². The molecular weight excluding hydrogens is 402 g/mol. The molecule has 0 aliphatic heterocycles. The van der Waals surface area contributed by atoms with Gasteiger partial charge in [-0.2, -0.15) is 0 Å². The third-order valence-electron chi connectivity index (χ3n) is 3.58. The van der Waals surface area contributed by atoms with Crippen LogP contribution in [0.4, 0.5) is 0 Å². The predicted molar refractivity (Wildman–Crippen MR) is 99.6 cm³/mol. The number of esters is 1. The molecule has 3 aromatic rings. The van der Waals surface area contributed by atoms with Crippen molar-refractivity contribution < 1.29 is 18.7 Å². The fraction of sp³-hybridized carbons (Fsp3) is 0.105. The van der Waals surface area contributed by atoms with Crippen LogP contribution in [-0.4, -0.2) is 18.4 Å². The molecule has 7 heteroatoms. The third-order valence-corrected chi connectivity index (χ3v) is 4.11. The van der Waals surface area contributed by atoms with Crippen LogP contribution < -0.4 is 15.7 Å². The Bertz CT molecular complexity index is 1040. The van der Waals surface area contributed by atoms with E-state index in [1.54, 1.807) is 43.3 Å². The number of carbonyl (C=O) groups is 2. The average molecular weight is 416 g/mol. The first kappa shape index (κ1) is 17.9. The summed E-state index contributed by atoms with van der Waals surface area (Å²) in [6.07, 6.45) is 0. The molecule has 0 spiro atoms. The molecule has 2 aromatic carbocycles. The molecule has 0 saturated carbocycles. The molecule has 132 valence electrons. The van der Waals surface area contributed by atoms with Crippen LogP contribution in [0.15, 0.2) is 62.2 Å². The van der Waals surface area contributed by atoms with Crippen molar-refractivity contribution in [1.82, 2.24) is 5.32 Å². The first-order chi connectivity index (χ1) is 12.5. The summed E-state index contributed by atoms with van der Waals surface area (Å²) in [6.45, 7) is 2.16. The van der Waals surface area contributed by atoms with Crippen molar-refractivity contribution in [3.8, 4) is 5.75 Å². The number of amides is 1. The smallest absolute Gasteiger partial charge is 0.349 e. The first-order valence-corrected chi connectivity index (χ1v) is 8.61. The lowest BCUT2D eigenvalue weighted by Crippen LogP contribution is -2.27. The number of fused-ring (bicyclic) bond motifs is 1. The van der Waals surface area contributed by atoms with Crippen LogP contribution in [0, 0.1) is 0 Å². The minimum absolute atomic E-state index is 0.0704. The van der Waals surface area contributed by atoms with Crippen LogP contribution in [0.5, 0.6) is 5.75 Å². The maximum Gasteiger partial charge on any atom is 0.349 e. The number of ether oxygens (including phenoxy) is 1. The third kappa shape index (κ3) is 3.83. The SMILES string of the molecule is CCNC(=O)c1cc2ccc(OC(=O)c3ccc(Br)cc3)cc2oc1=O. The van der Waals surface area contributed by atoms with E-state index in [0.717, 1.165) is 4.47 Å². The molecule has 0 aliphatic carbocycles. The van der Waals surface area contributed by atoms with Crippen LogP contribution in [0.25, 0.3) is 11.0 Å². The van der Waals surface area contributed by atoms with Crippen molar-refractivity contribution in [3.05, 3.63) is 74.6 Å². The van der Waals surface area contributed by atoms with E-state index in [4.69, 9.17) is 9.15 Å². The van der Waals surface area contributed by atoms with Gasteiger partial charge < -0.3 is 14.5 Å². The molecule has 0 saturated heterocycles.